The van der Waals surface area contributed by atoms with Crippen LogP contribution in [0.1, 0.15) is 22.6 Å². The number of nitrogens with zero attached hydrogens (tertiary/aromatic N) is 2. The third kappa shape index (κ3) is 2.87. The van der Waals surface area contributed by atoms with E-state index in [0.717, 1.165) is 17.7 Å². The van der Waals surface area contributed by atoms with E-state index < -0.39 is 17.7 Å². The lowest BCUT2D eigenvalue weighted by Gasteiger charge is -2.24. The van der Waals surface area contributed by atoms with Crippen molar-refractivity contribution in [3.8, 4) is 23.2 Å². The van der Waals surface area contributed by atoms with Gasteiger partial charge in [-0.05, 0) is 23.3 Å². The number of rotatable bonds is 2. The lowest BCUT2D eigenvalue weighted by atomic mass is 9.83. The summed E-state index contributed by atoms with van der Waals surface area (Å²) in [7, 11) is 0. The third-order valence-corrected chi connectivity index (χ3v) is 4.57. The van der Waals surface area contributed by atoms with Gasteiger partial charge in [0.05, 0.1) is 22.7 Å². The first-order valence-electron chi connectivity index (χ1n) is 8.28. The Morgan fingerprint density at radius 2 is 1.75 bits per heavy atom. The highest BCUT2D eigenvalue weighted by molar-refractivity contribution is 5.70. The van der Waals surface area contributed by atoms with Crippen molar-refractivity contribution in [3.63, 3.8) is 0 Å². The smallest absolute Gasteiger partial charge is 0.416 e. The zero-order valence-electron chi connectivity index (χ0n) is 14.3. The van der Waals surface area contributed by atoms with E-state index in [9.17, 15) is 18.4 Å². The molecule has 3 aromatic rings. The number of allylic oxidation sites excluding steroid dienone is 1. The monoisotopic (exact) mass is 382 g/mol. The van der Waals surface area contributed by atoms with E-state index >= 15 is 0 Å². The number of hydrogen-bond donors (Lipinski definition) is 2. The minimum Gasteiger partial charge on any atom is -0.420 e. The molecule has 0 saturated heterocycles. The Morgan fingerprint density at radius 3 is 2.36 bits per heavy atom. The Bertz CT molecular complexity index is 1090. The van der Waals surface area contributed by atoms with Gasteiger partial charge in [0.2, 0.25) is 11.8 Å². The Hall–Kier alpha value is -3.73. The summed E-state index contributed by atoms with van der Waals surface area (Å²) in [6.45, 7) is 0. The first-order chi connectivity index (χ1) is 13.4. The second kappa shape index (κ2) is 6.46. The molecule has 0 aliphatic carbocycles. The van der Waals surface area contributed by atoms with E-state index in [-0.39, 0.29) is 17.3 Å². The van der Waals surface area contributed by atoms with Crippen molar-refractivity contribution >= 4 is 0 Å². The molecule has 0 radical (unpaired) electrons. The van der Waals surface area contributed by atoms with Gasteiger partial charge in [0.15, 0.2) is 0 Å². The first kappa shape index (κ1) is 17.7. The van der Waals surface area contributed by atoms with Gasteiger partial charge in [-0.1, -0.05) is 42.5 Å². The molecule has 3 N–H and O–H groups in total. The molecule has 0 fully saturated rings. The highest BCUT2D eigenvalue weighted by Crippen LogP contribution is 2.45. The molecule has 2 heterocycles. The molecule has 1 aliphatic rings. The molecule has 5 nitrogen and oxygen atoms in total. The summed E-state index contributed by atoms with van der Waals surface area (Å²) < 4.78 is 44.3. The zero-order chi connectivity index (χ0) is 19.9. The van der Waals surface area contributed by atoms with Crippen molar-refractivity contribution in [1.82, 2.24) is 10.2 Å². The van der Waals surface area contributed by atoms with Crippen molar-refractivity contribution in [2.45, 2.75) is 12.1 Å². The van der Waals surface area contributed by atoms with Crippen molar-refractivity contribution in [1.29, 1.82) is 5.26 Å². The van der Waals surface area contributed by atoms with Crippen LogP contribution < -0.4 is 10.5 Å². The number of benzene rings is 2. The lowest BCUT2D eigenvalue weighted by Crippen LogP contribution is -2.21. The Labute approximate surface area is 157 Å². The highest BCUT2D eigenvalue weighted by Gasteiger charge is 2.36. The van der Waals surface area contributed by atoms with Crippen molar-refractivity contribution < 1.29 is 17.9 Å². The molecule has 2 aromatic carbocycles. The van der Waals surface area contributed by atoms with Gasteiger partial charge < -0.3 is 10.5 Å². The molecule has 0 bridgehead atoms. The number of nitriles is 1. The Morgan fingerprint density at radius 1 is 1.07 bits per heavy atom. The van der Waals surface area contributed by atoms with Gasteiger partial charge >= 0.3 is 6.18 Å². The number of alkyl halides is 3. The molecule has 1 aliphatic heterocycles. The van der Waals surface area contributed by atoms with Crippen LogP contribution in [-0.4, -0.2) is 10.2 Å². The van der Waals surface area contributed by atoms with Crippen LogP contribution in [0.25, 0.3) is 11.3 Å². The molecule has 28 heavy (non-hydrogen) atoms. The average molecular weight is 382 g/mol. The van der Waals surface area contributed by atoms with Crippen LogP contribution in [0.5, 0.6) is 5.88 Å². The summed E-state index contributed by atoms with van der Waals surface area (Å²) in [5, 5.41) is 16.6. The fourth-order valence-electron chi connectivity index (χ4n) is 3.27. The molecule has 1 aromatic heterocycles. The Kier molecular flexibility index (Phi) is 4.08. The fraction of sp³-hybridized carbons (Fsp3) is 0.100. The van der Waals surface area contributed by atoms with E-state index in [1.807, 2.05) is 36.4 Å². The molecule has 8 heteroatoms. The summed E-state index contributed by atoms with van der Waals surface area (Å²) >= 11 is 0. The molecule has 140 valence electrons. The number of fused-ring (bicyclic) bond motifs is 1. The molecule has 0 spiro atoms. The predicted octanol–water partition coefficient (Wildman–Crippen LogP) is 4.31. The molecular weight excluding hydrogens is 369 g/mol. The van der Waals surface area contributed by atoms with E-state index in [1.165, 1.54) is 12.1 Å². The number of hydrogen-bond acceptors (Lipinski definition) is 4. The number of halogens is 3. The number of ether oxygens (including phenoxy) is 1. The van der Waals surface area contributed by atoms with Crippen molar-refractivity contribution in [3.05, 3.63) is 82.7 Å². The van der Waals surface area contributed by atoms with E-state index in [4.69, 9.17) is 10.5 Å². The summed E-state index contributed by atoms with van der Waals surface area (Å²) in [5.74, 6) is -0.628. The van der Waals surface area contributed by atoms with Crippen molar-refractivity contribution in [2.24, 2.45) is 5.73 Å². The number of H-pyrrole nitrogens is 1. The number of nitrogens with two attached hydrogens (primary N) is 1. The van der Waals surface area contributed by atoms with Crippen LogP contribution in [-0.2, 0) is 6.18 Å². The summed E-state index contributed by atoms with van der Waals surface area (Å²) in [6, 6.07) is 15.9. The predicted molar refractivity (Wildman–Crippen MR) is 94.8 cm³/mol. The molecule has 0 unspecified atom stereocenters. The minimum atomic E-state index is -4.45. The van der Waals surface area contributed by atoms with Gasteiger partial charge in [-0.15, -0.1) is 5.10 Å². The van der Waals surface area contributed by atoms with Crippen LogP contribution in [0.4, 0.5) is 13.2 Å². The average Bonchev–Trinajstić information content (AvgIpc) is 3.10. The minimum absolute atomic E-state index is 0.117. The van der Waals surface area contributed by atoms with Gasteiger partial charge in [0, 0.05) is 0 Å². The van der Waals surface area contributed by atoms with Gasteiger partial charge in [-0.2, -0.15) is 18.4 Å². The summed E-state index contributed by atoms with van der Waals surface area (Å²) in [6.07, 6.45) is -4.45. The van der Waals surface area contributed by atoms with Crippen LogP contribution in [0.3, 0.4) is 0 Å². The molecule has 0 saturated carbocycles. The van der Waals surface area contributed by atoms with Crippen LogP contribution >= 0.6 is 0 Å². The largest absolute Gasteiger partial charge is 0.420 e. The van der Waals surface area contributed by atoms with E-state index in [2.05, 4.69) is 10.2 Å². The maximum Gasteiger partial charge on any atom is 0.416 e. The number of nitrogens with one attached hydrogen (secondary N) is 1. The molecule has 1 atom stereocenters. The molecule has 0 amide bonds. The zero-order valence-corrected chi connectivity index (χ0v) is 14.3. The topological polar surface area (TPSA) is 87.7 Å². The van der Waals surface area contributed by atoms with Gasteiger partial charge in [0.1, 0.15) is 11.6 Å². The SMILES string of the molecule is N#CC1=C(N)Oc2n[nH]c(-c3ccccc3)c2[C@@H]1c1ccc(C(F)(F)F)cc1. The van der Waals surface area contributed by atoms with Gasteiger partial charge in [-0.25, -0.2) is 0 Å². The third-order valence-electron chi connectivity index (χ3n) is 4.57. The first-order valence-corrected chi connectivity index (χ1v) is 8.28. The second-order valence-corrected chi connectivity index (χ2v) is 6.23. The van der Waals surface area contributed by atoms with Crippen LogP contribution in [0, 0.1) is 11.3 Å². The van der Waals surface area contributed by atoms with E-state index in [0.29, 0.717) is 16.8 Å². The normalized spacial score (nSPS) is 16.3. The lowest BCUT2D eigenvalue weighted by molar-refractivity contribution is -0.137. The number of aromatic nitrogens is 2. The fourth-order valence-corrected chi connectivity index (χ4v) is 3.27. The van der Waals surface area contributed by atoms with Crippen LogP contribution in [0.2, 0.25) is 0 Å². The quantitative estimate of drug-likeness (QED) is 0.691. The summed E-state index contributed by atoms with van der Waals surface area (Å²) in [5.41, 5.74) is 7.67. The Balaban J connectivity index is 1.89. The molecular formula is C20H13F3N4O. The second-order valence-electron chi connectivity index (χ2n) is 6.23. The number of aromatic amines is 1. The van der Waals surface area contributed by atoms with E-state index in [1.54, 1.807) is 0 Å². The van der Waals surface area contributed by atoms with Gasteiger partial charge in [-0.3, -0.25) is 5.10 Å². The summed E-state index contributed by atoms with van der Waals surface area (Å²) in [4.78, 5) is 0. The standard InChI is InChI=1S/C20H13F3N4O/c21-20(22,23)13-8-6-11(7-9-13)15-14(10-24)18(25)28-19-16(15)17(26-27-19)12-4-2-1-3-5-12/h1-9,15H,25H2,(H,26,27)/t15-/m1/s1. The van der Waals surface area contributed by atoms with Crippen molar-refractivity contribution in [2.75, 3.05) is 0 Å². The van der Waals surface area contributed by atoms with Gasteiger partial charge in [0.25, 0.3) is 0 Å². The molecule has 4 rings (SSSR count). The maximum atomic E-state index is 12.9. The van der Waals surface area contributed by atoms with Crippen LogP contribution in [0.15, 0.2) is 66.1 Å². The highest BCUT2D eigenvalue weighted by atomic mass is 19.4. The maximum absolute atomic E-state index is 12.9.